The predicted molar refractivity (Wildman–Crippen MR) is 80.1 cm³/mol. The van der Waals surface area contributed by atoms with E-state index in [1.807, 2.05) is 13.0 Å². The Morgan fingerprint density at radius 2 is 2.14 bits per heavy atom. The molecule has 0 bridgehead atoms. The van der Waals surface area contributed by atoms with E-state index in [-0.39, 0.29) is 11.6 Å². The van der Waals surface area contributed by atoms with Crippen molar-refractivity contribution in [1.82, 2.24) is 10.2 Å². The summed E-state index contributed by atoms with van der Waals surface area (Å²) in [5, 5.41) is 19.8. The highest BCUT2D eigenvalue weighted by atomic mass is 16.2. The second-order valence-corrected chi connectivity index (χ2v) is 4.36. The highest BCUT2D eigenvalue weighted by Crippen LogP contribution is 2.16. The van der Waals surface area contributed by atoms with Gasteiger partial charge in [-0.05, 0) is 37.3 Å². The molecule has 0 saturated carbocycles. The highest BCUT2D eigenvalue weighted by Gasteiger charge is 2.15. The van der Waals surface area contributed by atoms with Crippen LogP contribution >= 0.6 is 0 Å². The van der Waals surface area contributed by atoms with Gasteiger partial charge in [0.15, 0.2) is 5.69 Å². The lowest BCUT2D eigenvalue weighted by Crippen LogP contribution is -2.27. The van der Waals surface area contributed by atoms with Gasteiger partial charge in [0.2, 0.25) is 0 Å². The standard InChI is InChI=1S/C15H15N5O/c1-3-17-14-8-7-13(18-19-14)15(21)20(2)12-6-4-5-11(9-12)10-16/h4-9H,3H2,1-2H3,(H,17,19). The molecule has 21 heavy (non-hydrogen) atoms. The molecule has 6 nitrogen and oxygen atoms in total. The summed E-state index contributed by atoms with van der Waals surface area (Å²) < 4.78 is 0. The molecule has 0 radical (unpaired) electrons. The molecule has 0 aliphatic carbocycles. The number of anilines is 2. The van der Waals surface area contributed by atoms with Crippen LogP contribution in [0.4, 0.5) is 11.5 Å². The van der Waals surface area contributed by atoms with Crippen molar-refractivity contribution in [3.63, 3.8) is 0 Å². The van der Waals surface area contributed by atoms with Crippen molar-refractivity contribution in [2.45, 2.75) is 6.92 Å². The van der Waals surface area contributed by atoms with Crippen LogP contribution in [0.15, 0.2) is 36.4 Å². The van der Waals surface area contributed by atoms with Crippen molar-refractivity contribution < 1.29 is 4.79 Å². The second-order valence-electron chi connectivity index (χ2n) is 4.36. The number of amides is 1. The number of nitrogens with zero attached hydrogens (tertiary/aromatic N) is 4. The van der Waals surface area contributed by atoms with E-state index >= 15 is 0 Å². The maximum Gasteiger partial charge on any atom is 0.278 e. The first-order chi connectivity index (χ1) is 10.2. The first-order valence-corrected chi connectivity index (χ1v) is 6.51. The molecule has 0 aliphatic rings. The number of carbonyl (C=O) groups is 1. The van der Waals surface area contributed by atoms with E-state index in [2.05, 4.69) is 15.5 Å². The first kappa shape index (κ1) is 14.5. The number of nitriles is 1. The van der Waals surface area contributed by atoms with Gasteiger partial charge in [-0.2, -0.15) is 5.26 Å². The Morgan fingerprint density at radius 1 is 1.33 bits per heavy atom. The Bertz CT molecular complexity index is 675. The van der Waals surface area contributed by atoms with Gasteiger partial charge in [0.25, 0.3) is 5.91 Å². The second kappa shape index (κ2) is 6.48. The van der Waals surface area contributed by atoms with Crippen molar-refractivity contribution >= 4 is 17.4 Å². The molecule has 1 N–H and O–H groups in total. The molecular formula is C15H15N5O. The molecule has 2 rings (SSSR count). The smallest absolute Gasteiger partial charge is 0.278 e. The van der Waals surface area contributed by atoms with Crippen LogP contribution in [0, 0.1) is 11.3 Å². The number of hydrogen-bond acceptors (Lipinski definition) is 5. The van der Waals surface area contributed by atoms with Gasteiger partial charge >= 0.3 is 0 Å². The summed E-state index contributed by atoms with van der Waals surface area (Å²) in [4.78, 5) is 13.8. The minimum absolute atomic E-state index is 0.251. The molecule has 1 aromatic carbocycles. The Kier molecular flexibility index (Phi) is 4.46. The lowest BCUT2D eigenvalue weighted by Gasteiger charge is -2.16. The quantitative estimate of drug-likeness (QED) is 0.927. The highest BCUT2D eigenvalue weighted by molar-refractivity contribution is 6.04. The van der Waals surface area contributed by atoms with E-state index in [1.54, 1.807) is 43.4 Å². The topological polar surface area (TPSA) is 81.9 Å². The van der Waals surface area contributed by atoms with Crippen LogP contribution in [0.3, 0.4) is 0 Å². The summed E-state index contributed by atoms with van der Waals surface area (Å²) in [5.74, 6) is 0.351. The Labute approximate surface area is 123 Å². The molecule has 1 aromatic heterocycles. The monoisotopic (exact) mass is 281 g/mol. The maximum atomic E-state index is 12.3. The molecule has 1 amide bonds. The minimum atomic E-state index is -0.277. The molecule has 0 spiro atoms. The molecule has 1 heterocycles. The van der Waals surface area contributed by atoms with Crippen molar-refractivity contribution in [1.29, 1.82) is 5.26 Å². The van der Waals surface area contributed by atoms with Crippen LogP contribution in [-0.2, 0) is 0 Å². The van der Waals surface area contributed by atoms with Crippen LogP contribution in [-0.4, -0.2) is 29.7 Å². The molecule has 2 aromatic rings. The molecule has 106 valence electrons. The zero-order chi connectivity index (χ0) is 15.2. The Morgan fingerprint density at radius 3 is 2.76 bits per heavy atom. The lowest BCUT2D eigenvalue weighted by molar-refractivity contribution is 0.0987. The SMILES string of the molecule is CCNc1ccc(C(=O)N(C)c2cccc(C#N)c2)nn1. The summed E-state index contributed by atoms with van der Waals surface area (Å²) in [7, 11) is 1.64. The van der Waals surface area contributed by atoms with Crippen LogP contribution in [0.1, 0.15) is 23.0 Å². The van der Waals surface area contributed by atoms with Gasteiger partial charge in [-0.15, -0.1) is 10.2 Å². The number of rotatable bonds is 4. The zero-order valence-corrected chi connectivity index (χ0v) is 11.9. The van der Waals surface area contributed by atoms with E-state index in [9.17, 15) is 4.79 Å². The van der Waals surface area contributed by atoms with Gasteiger partial charge in [0.1, 0.15) is 5.82 Å². The van der Waals surface area contributed by atoms with Gasteiger partial charge in [-0.3, -0.25) is 4.79 Å². The molecule has 6 heteroatoms. The van der Waals surface area contributed by atoms with Gasteiger partial charge in [0.05, 0.1) is 11.6 Å². The minimum Gasteiger partial charge on any atom is -0.369 e. The van der Waals surface area contributed by atoms with Crippen molar-refractivity contribution in [3.05, 3.63) is 47.7 Å². The largest absolute Gasteiger partial charge is 0.369 e. The first-order valence-electron chi connectivity index (χ1n) is 6.51. The van der Waals surface area contributed by atoms with Gasteiger partial charge in [-0.1, -0.05) is 6.07 Å². The number of benzene rings is 1. The van der Waals surface area contributed by atoms with Crippen LogP contribution < -0.4 is 10.2 Å². The third-order valence-electron chi connectivity index (χ3n) is 2.91. The molecule has 0 fully saturated rings. The average Bonchev–Trinajstić information content (AvgIpc) is 2.54. The summed E-state index contributed by atoms with van der Waals surface area (Å²) in [6.07, 6.45) is 0. The van der Waals surface area contributed by atoms with Crippen molar-refractivity contribution in [2.24, 2.45) is 0 Å². The molecule has 0 aliphatic heterocycles. The summed E-state index contributed by atoms with van der Waals surface area (Å²) in [6.45, 7) is 2.69. The molecule has 0 unspecified atom stereocenters. The van der Waals surface area contributed by atoms with E-state index in [0.29, 0.717) is 17.1 Å². The summed E-state index contributed by atoms with van der Waals surface area (Å²) >= 11 is 0. The van der Waals surface area contributed by atoms with E-state index in [1.165, 1.54) is 4.90 Å². The van der Waals surface area contributed by atoms with Crippen LogP contribution in [0.25, 0.3) is 0 Å². The third kappa shape index (κ3) is 3.34. The van der Waals surface area contributed by atoms with E-state index in [0.717, 1.165) is 6.54 Å². The van der Waals surface area contributed by atoms with E-state index < -0.39 is 0 Å². The fourth-order valence-electron chi connectivity index (χ4n) is 1.79. The fourth-order valence-corrected chi connectivity index (χ4v) is 1.79. The average molecular weight is 281 g/mol. The van der Waals surface area contributed by atoms with Crippen LogP contribution in [0.2, 0.25) is 0 Å². The Balaban J connectivity index is 2.20. The van der Waals surface area contributed by atoms with Gasteiger partial charge in [-0.25, -0.2) is 0 Å². The third-order valence-corrected chi connectivity index (χ3v) is 2.91. The van der Waals surface area contributed by atoms with Gasteiger partial charge in [0, 0.05) is 19.3 Å². The van der Waals surface area contributed by atoms with Gasteiger partial charge < -0.3 is 10.2 Å². The molecule has 0 atom stereocenters. The summed E-state index contributed by atoms with van der Waals surface area (Å²) in [5.41, 5.74) is 1.39. The maximum absolute atomic E-state index is 12.3. The lowest BCUT2D eigenvalue weighted by atomic mass is 10.2. The zero-order valence-electron chi connectivity index (χ0n) is 11.9. The molecule has 0 saturated heterocycles. The number of aromatic nitrogens is 2. The summed E-state index contributed by atoms with van der Waals surface area (Å²) in [6, 6.07) is 12.2. The fraction of sp³-hybridized carbons (Fsp3) is 0.200. The number of carbonyl (C=O) groups excluding carboxylic acids is 1. The number of hydrogen-bond donors (Lipinski definition) is 1. The Hall–Kier alpha value is -2.94. The predicted octanol–water partition coefficient (Wildman–Crippen LogP) is 2.06. The van der Waals surface area contributed by atoms with E-state index in [4.69, 9.17) is 5.26 Å². The number of nitrogens with one attached hydrogen (secondary N) is 1. The normalized spacial score (nSPS) is 9.76. The van der Waals surface area contributed by atoms with Crippen LogP contribution in [0.5, 0.6) is 0 Å². The van der Waals surface area contributed by atoms with Crippen molar-refractivity contribution in [3.8, 4) is 6.07 Å². The molecular weight excluding hydrogens is 266 g/mol. The van der Waals surface area contributed by atoms with Crippen molar-refractivity contribution in [2.75, 3.05) is 23.8 Å².